The van der Waals surface area contributed by atoms with Gasteiger partial charge in [-0.05, 0) is 38.5 Å². The van der Waals surface area contributed by atoms with Crippen molar-refractivity contribution in [1.29, 1.82) is 0 Å². The zero-order valence-electron chi connectivity index (χ0n) is 46.5. The lowest BCUT2D eigenvalue weighted by Gasteiger charge is -2.41. The number of allylic oxidation sites excluding steroid dienone is 2. The Kier molecular flexibility index (Phi) is 48.4. The molecule has 6 atom stereocenters. The van der Waals surface area contributed by atoms with Crippen LogP contribution in [0.5, 0.6) is 0 Å². The molecule has 72 heavy (non-hydrogen) atoms. The first-order valence-electron chi connectivity index (χ1n) is 30.4. The molecule has 1 aliphatic heterocycles. The van der Waals surface area contributed by atoms with Gasteiger partial charge < -0.3 is 34.3 Å². The number of carbonyl (C=O) groups excluding carboxylic acids is 1. The Morgan fingerprint density at radius 3 is 1.25 bits per heavy atom. The van der Waals surface area contributed by atoms with Gasteiger partial charge in [0, 0.05) is 13.0 Å². The number of unbranched alkanes of at least 4 members (excludes halogenated alkanes) is 40. The highest BCUT2D eigenvalue weighted by Crippen LogP contribution is 2.26. The molecular formula is C59H114O12S. The van der Waals surface area contributed by atoms with Crippen molar-refractivity contribution < 1.29 is 56.2 Å². The molecule has 0 aromatic rings. The smallest absolute Gasteiger partial charge is 0.397 e. The molecule has 0 spiro atoms. The quantitative estimate of drug-likeness (QED) is 0.0196. The topological polar surface area (TPSA) is 178 Å². The molecule has 0 saturated carbocycles. The molecule has 1 fully saturated rings. The van der Waals surface area contributed by atoms with Gasteiger partial charge in [0.25, 0.3) is 0 Å². The van der Waals surface area contributed by atoms with E-state index in [9.17, 15) is 33.1 Å². The molecule has 4 N–H and O–H groups in total. The van der Waals surface area contributed by atoms with E-state index in [1.807, 2.05) is 0 Å². The van der Waals surface area contributed by atoms with Crippen molar-refractivity contribution in [3.63, 3.8) is 0 Å². The number of aliphatic hydroxyl groups excluding tert-OH is 3. The molecule has 1 rings (SSSR count). The lowest BCUT2D eigenvalue weighted by Crippen LogP contribution is -2.60. The molecule has 0 radical (unpaired) electrons. The van der Waals surface area contributed by atoms with Crippen LogP contribution < -0.4 is 0 Å². The maximum atomic E-state index is 13.0. The van der Waals surface area contributed by atoms with Crippen LogP contribution in [0.4, 0.5) is 0 Å². The van der Waals surface area contributed by atoms with Gasteiger partial charge in [-0.2, -0.15) is 8.42 Å². The van der Waals surface area contributed by atoms with Gasteiger partial charge in [-0.1, -0.05) is 264 Å². The number of hydrogen-bond acceptors (Lipinski definition) is 11. The van der Waals surface area contributed by atoms with Gasteiger partial charge in [0.15, 0.2) is 6.29 Å². The second-order valence-corrected chi connectivity index (χ2v) is 22.4. The maximum Gasteiger partial charge on any atom is 0.397 e. The molecule has 13 heteroatoms. The molecule has 0 aromatic carbocycles. The van der Waals surface area contributed by atoms with E-state index in [0.29, 0.717) is 13.0 Å². The van der Waals surface area contributed by atoms with Crippen molar-refractivity contribution in [3.05, 3.63) is 12.2 Å². The van der Waals surface area contributed by atoms with Gasteiger partial charge in [0.05, 0.1) is 19.8 Å². The zero-order chi connectivity index (χ0) is 52.4. The van der Waals surface area contributed by atoms with Gasteiger partial charge in [-0.3, -0.25) is 9.35 Å². The summed E-state index contributed by atoms with van der Waals surface area (Å²) in [4.78, 5) is 13.0. The third-order valence-electron chi connectivity index (χ3n) is 14.4. The Morgan fingerprint density at radius 1 is 0.514 bits per heavy atom. The normalized spacial score (nSPS) is 18.9. The number of aliphatic hydroxyl groups is 3. The Balaban J connectivity index is 2.24. The van der Waals surface area contributed by atoms with Crippen LogP contribution in [0.15, 0.2) is 12.2 Å². The highest BCUT2D eigenvalue weighted by atomic mass is 32.3. The molecule has 12 nitrogen and oxygen atoms in total. The van der Waals surface area contributed by atoms with Crippen LogP contribution in [-0.2, 0) is 38.3 Å². The largest absolute Gasteiger partial charge is 0.457 e. The van der Waals surface area contributed by atoms with Crippen LogP contribution in [0, 0.1) is 0 Å². The fourth-order valence-corrected chi connectivity index (χ4v) is 10.3. The minimum atomic E-state index is -5.06. The molecule has 1 heterocycles. The Bertz CT molecular complexity index is 1300. The van der Waals surface area contributed by atoms with E-state index < -0.39 is 59.8 Å². The van der Waals surface area contributed by atoms with E-state index in [1.165, 1.54) is 231 Å². The highest BCUT2D eigenvalue weighted by molar-refractivity contribution is 7.80. The third kappa shape index (κ3) is 43.0. The molecule has 6 unspecified atom stereocenters. The number of rotatable bonds is 55. The van der Waals surface area contributed by atoms with E-state index in [0.717, 1.165) is 38.5 Å². The molecule has 1 aliphatic rings. The number of hydrogen-bond donors (Lipinski definition) is 4. The third-order valence-corrected chi connectivity index (χ3v) is 14.9. The summed E-state index contributed by atoms with van der Waals surface area (Å²) in [7, 11) is -5.06. The fourth-order valence-electron chi connectivity index (χ4n) is 9.79. The van der Waals surface area contributed by atoms with Gasteiger partial charge in [-0.15, -0.1) is 0 Å². The molecule has 0 aliphatic carbocycles. The van der Waals surface area contributed by atoms with E-state index >= 15 is 0 Å². The predicted molar refractivity (Wildman–Crippen MR) is 294 cm³/mol. The molecule has 0 amide bonds. The summed E-state index contributed by atoms with van der Waals surface area (Å²) in [6.45, 7) is 4.06. The summed E-state index contributed by atoms with van der Waals surface area (Å²) >= 11 is 0. The van der Waals surface area contributed by atoms with E-state index in [2.05, 4.69) is 30.2 Å². The highest BCUT2D eigenvalue weighted by Gasteiger charge is 2.48. The van der Waals surface area contributed by atoms with Crippen molar-refractivity contribution in [3.8, 4) is 0 Å². The summed E-state index contributed by atoms with van der Waals surface area (Å²) in [5.41, 5.74) is 0. The average Bonchev–Trinajstić information content (AvgIpc) is 3.36. The van der Waals surface area contributed by atoms with Crippen LogP contribution in [0.2, 0.25) is 0 Å². The lowest BCUT2D eigenvalue weighted by molar-refractivity contribution is -0.301. The summed E-state index contributed by atoms with van der Waals surface area (Å²) in [6.07, 6.45) is 51.2. The van der Waals surface area contributed by atoms with Crippen LogP contribution in [0.3, 0.4) is 0 Å². The minimum Gasteiger partial charge on any atom is -0.457 e. The molecule has 0 bridgehead atoms. The number of carbonyl (C=O) groups is 1. The van der Waals surface area contributed by atoms with Crippen molar-refractivity contribution in [2.75, 3.05) is 26.4 Å². The van der Waals surface area contributed by atoms with Gasteiger partial charge in [-0.25, -0.2) is 4.18 Å². The Morgan fingerprint density at radius 2 is 0.875 bits per heavy atom. The van der Waals surface area contributed by atoms with Crippen molar-refractivity contribution in [2.24, 2.45) is 0 Å². The SMILES string of the molecule is CCCCCCCC/C=C\CCCCCCCCCCCC(=O)OC(COCCCCCCCCCCCCCCCCCCCCCCCCCCCC)COC1OC(CO)C(O)C(OS(=O)(=O)O)C1O. The zero-order valence-corrected chi connectivity index (χ0v) is 47.3. The molecule has 1 saturated heterocycles. The molecule has 428 valence electrons. The number of esters is 1. The van der Waals surface area contributed by atoms with Gasteiger partial charge >= 0.3 is 16.4 Å². The average molecular weight is 1050 g/mol. The molecular weight excluding hydrogens is 933 g/mol. The van der Waals surface area contributed by atoms with Crippen LogP contribution in [0.25, 0.3) is 0 Å². The second-order valence-electron chi connectivity index (χ2n) is 21.3. The lowest BCUT2D eigenvalue weighted by atomic mass is 9.99. The van der Waals surface area contributed by atoms with Crippen LogP contribution in [-0.4, -0.2) is 97.5 Å². The first-order valence-corrected chi connectivity index (χ1v) is 31.8. The van der Waals surface area contributed by atoms with Crippen molar-refractivity contribution in [2.45, 2.75) is 333 Å². The van der Waals surface area contributed by atoms with E-state index in [4.69, 9.17) is 18.9 Å². The first-order chi connectivity index (χ1) is 35.1. The van der Waals surface area contributed by atoms with Crippen molar-refractivity contribution in [1.82, 2.24) is 0 Å². The summed E-state index contributed by atoms with van der Waals surface area (Å²) in [5, 5.41) is 30.9. The monoisotopic (exact) mass is 1050 g/mol. The molecule has 0 aromatic heterocycles. The Hall–Kier alpha value is -1.16. The summed E-state index contributed by atoms with van der Waals surface area (Å²) in [5.74, 6) is -0.394. The maximum absolute atomic E-state index is 13.0. The standard InChI is InChI=1S/C59H114O12S/c1-3-5-7-9-11-13-15-17-19-21-23-24-25-26-27-28-29-31-33-35-37-39-41-43-45-47-49-67-51-53(52-68-59-57(63)58(71-72(64,65)66)56(62)54(50-60)70-59)69-55(61)48-46-44-42-40-38-36-34-32-30-22-20-18-16-14-12-10-8-6-4-2/h18,20,53-54,56-60,62-63H,3-17,19,21-52H2,1-2H3,(H,64,65,66)/b20-18-. The first kappa shape index (κ1) is 68.9. The second kappa shape index (κ2) is 50.6. The summed E-state index contributed by atoms with van der Waals surface area (Å²) < 4.78 is 59.5. The van der Waals surface area contributed by atoms with Gasteiger partial charge in [0.1, 0.15) is 30.5 Å². The van der Waals surface area contributed by atoms with Crippen LogP contribution >= 0.6 is 0 Å². The Labute approximate surface area is 442 Å². The van der Waals surface area contributed by atoms with E-state index in [-0.39, 0.29) is 19.6 Å². The summed E-state index contributed by atoms with van der Waals surface area (Å²) in [6, 6.07) is 0. The van der Waals surface area contributed by atoms with Gasteiger partial charge in [0.2, 0.25) is 0 Å². The fraction of sp³-hybridized carbons (Fsp3) is 0.949. The predicted octanol–water partition coefficient (Wildman–Crippen LogP) is 15.3. The number of ether oxygens (including phenoxy) is 4. The van der Waals surface area contributed by atoms with Crippen molar-refractivity contribution >= 4 is 16.4 Å². The van der Waals surface area contributed by atoms with E-state index in [1.54, 1.807) is 0 Å². The van der Waals surface area contributed by atoms with Crippen LogP contribution in [0.1, 0.15) is 296 Å². The minimum absolute atomic E-state index is 0.0421.